The molecule has 2 bridgehead atoms. The summed E-state index contributed by atoms with van der Waals surface area (Å²) in [7, 11) is 0. The zero-order valence-corrected chi connectivity index (χ0v) is 19.2. The zero-order valence-electron chi connectivity index (χ0n) is 17.6. The summed E-state index contributed by atoms with van der Waals surface area (Å²) in [5, 5.41) is 0. The van der Waals surface area contributed by atoms with Crippen LogP contribution in [0.25, 0.3) is 0 Å². The Hall–Kier alpha value is -1.95. The predicted octanol–water partition coefficient (Wildman–Crippen LogP) is 4.34. The molecular formula is C24H29BrN2O3. The number of allylic oxidation sites excluding steroid dienone is 2. The van der Waals surface area contributed by atoms with Crippen LogP contribution in [0.15, 0.2) is 40.9 Å². The molecule has 30 heavy (non-hydrogen) atoms. The second kappa shape index (κ2) is 8.66. The minimum absolute atomic E-state index is 0.00225. The lowest BCUT2D eigenvalue weighted by Crippen LogP contribution is -2.41. The van der Waals surface area contributed by atoms with Gasteiger partial charge in [-0.25, -0.2) is 0 Å². The van der Waals surface area contributed by atoms with E-state index in [1.807, 2.05) is 29.2 Å². The van der Waals surface area contributed by atoms with E-state index in [2.05, 4.69) is 41.9 Å². The van der Waals surface area contributed by atoms with Crippen molar-refractivity contribution in [1.82, 2.24) is 9.80 Å². The van der Waals surface area contributed by atoms with Gasteiger partial charge in [0.15, 0.2) is 0 Å². The zero-order chi connectivity index (χ0) is 21.4. The number of nitrogens with zero attached hydrogens (tertiary/aromatic N) is 2. The molecule has 1 saturated carbocycles. The van der Waals surface area contributed by atoms with Crippen LogP contribution in [-0.2, 0) is 14.4 Å². The number of benzene rings is 1. The van der Waals surface area contributed by atoms with Crippen molar-refractivity contribution in [2.24, 2.45) is 23.7 Å². The van der Waals surface area contributed by atoms with Crippen molar-refractivity contribution in [1.29, 1.82) is 0 Å². The molecule has 0 radical (unpaired) electrons. The van der Waals surface area contributed by atoms with Crippen molar-refractivity contribution in [3.8, 4) is 0 Å². The van der Waals surface area contributed by atoms with E-state index in [-0.39, 0.29) is 47.8 Å². The van der Waals surface area contributed by atoms with Crippen LogP contribution in [0.4, 0.5) is 0 Å². The van der Waals surface area contributed by atoms with Gasteiger partial charge >= 0.3 is 0 Å². The first-order valence-electron chi connectivity index (χ1n) is 11.0. The molecule has 0 N–H and O–H groups in total. The van der Waals surface area contributed by atoms with Crippen LogP contribution in [0.2, 0.25) is 0 Å². The standard InChI is InChI=1S/C24H29BrN2O3/c1-3-10-26(11-4-2)20(28)14-19(15-6-5-7-18(25)13-15)27-23(29)21-16-8-9-17(12-16)22(21)24(27)30/h5-9,13,16-17,19,21-22H,3-4,10-12,14H2,1-2H3. The van der Waals surface area contributed by atoms with Gasteiger partial charge in [0.05, 0.1) is 24.3 Å². The highest BCUT2D eigenvalue weighted by Gasteiger charge is 2.60. The molecule has 6 heteroatoms. The Bertz CT molecular complexity index is 847. The van der Waals surface area contributed by atoms with Crippen LogP contribution >= 0.6 is 15.9 Å². The number of carbonyl (C=O) groups excluding carboxylic acids is 3. The molecule has 1 aromatic rings. The van der Waals surface area contributed by atoms with Gasteiger partial charge in [-0.2, -0.15) is 0 Å². The fraction of sp³-hybridized carbons (Fsp3) is 0.542. The quantitative estimate of drug-likeness (QED) is 0.417. The highest BCUT2D eigenvalue weighted by atomic mass is 79.9. The van der Waals surface area contributed by atoms with E-state index in [0.29, 0.717) is 13.1 Å². The summed E-state index contributed by atoms with van der Waals surface area (Å²) in [4.78, 5) is 43.3. The van der Waals surface area contributed by atoms with Gasteiger partial charge in [-0.1, -0.05) is 54.1 Å². The third-order valence-corrected chi connectivity index (χ3v) is 7.25. The molecular weight excluding hydrogens is 444 g/mol. The number of rotatable bonds is 8. The van der Waals surface area contributed by atoms with Crippen LogP contribution < -0.4 is 0 Å². The molecule has 1 aliphatic heterocycles. The van der Waals surface area contributed by atoms with Crippen LogP contribution in [-0.4, -0.2) is 40.6 Å². The number of likely N-dealkylation sites (tertiary alicyclic amines) is 1. The average Bonchev–Trinajstić information content (AvgIpc) is 3.40. The van der Waals surface area contributed by atoms with Gasteiger partial charge in [0.1, 0.15) is 0 Å². The van der Waals surface area contributed by atoms with Gasteiger partial charge in [0.25, 0.3) is 0 Å². The highest BCUT2D eigenvalue weighted by Crippen LogP contribution is 2.54. The first-order chi connectivity index (χ1) is 14.5. The van der Waals surface area contributed by atoms with Crippen molar-refractivity contribution in [3.63, 3.8) is 0 Å². The molecule has 4 rings (SSSR count). The molecule has 5 unspecified atom stereocenters. The molecule has 1 heterocycles. The van der Waals surface area contributed by atoms with Crippen LogP contribution in [0.3, 0.4) is 0 Å². The van der Waals surface area contributed by atoms with Gasteiger partial charge in [-0.15, -0.1) is 0 Å². The number of hydrogen-bond acceptors (Lipinski definition) is 3. The summed E-state index contributed by atoms with van der Waals surface area (Å²) in [6.07, 6.45) is 7.01. The molecule has 3 aliphatic rings. The Morgan fingerprint density at radius 1 is 1.10 bits per heavy atom. The second-order valence-corrected chi connectivity index (χ2v) is 9.62. The minimum Gasteiger partial charge on any atom is -0.343 e. The fourth-order valence-electron chi connectivity index (χ4n) is 5.50. The monoisotopic (exact) mass is 472 g/mol. The first kappa shape index (κ1) is 21.3. The normalized spacial score (nSPS) is 27.6. The van der Waals surface area contributed by atoms with Crippen molar-refractivity contribution >= 4 is 33.7 Å². The summed E-state index contributed by atoms with van der Waals surface area (Å²) in [5.41, 5.74) is 0.827. The van der Waals surface area contributed by atoms with E-state index in [1.54, 1.807) is 0 Å². The second-order valence-electron chi connectivity index (χ2n) is 8.70. The number of imide groups is 1. The third kappa shape index (κ3) is 3.64. The summed E-state index contributed by atoms with van der Waals surface area (Å²) in [6, 6.07) is 7.08. The molecule has 1 saturated heterocycles. The van der Waals surface area contributed by atoms with E-state index < -0.39 is 6.04 Å². The summed E-state index contributed by atoms with van der Waals surface area (Å²) in [6.45, 7) is 5.50. The molecule has 160 valence electrons. The van der Waals surface area contributed by atoms with Gasteiger partial charge in [0.2, 0.25) is 17.7 Å². The summed E-state index contributed by atoms with van der Waals surface area (Å²) in [5.74, 6) is -0.370. The van der Waals surface area contributed by atoms with Crippen LogP contribution in [0, 0.1) is 23.7 Å². The summed E-state index contributed by atoms with van der Waals surface area (Å²) >= 11 is 3.50. The summed E-state index contributed by atoms with van der Waals surface area (Å²) < 4.78 is 0.873. The van der Waals surface area contributed by atoms with E-state index in [0.717, 1.165) is 29.3 Å². The first-order valence-corrected chi connectivity index (χ1v) is 11.8. The Morgan fingerprint density at radius 2 is 1.70 bits per heavy atom. The lowest BCUT2D eigenvalue weighted by atomic mass is 9.85. The van der Waals surface area contributed by atoms with Crippen molar-refractivity contribution in [2.75, 3.05) is 13.1 Å². The number of hydrogen-bond donors (Lipinski definition) is 0. The number of halogens is 1. The van der Waals surface area contributed by atoms with Crippen LogP contribution in [0.1, 0.15) is 51.1 Å². The molecule has 5 atom stereocenters. The smallest absolute Gasteiger partial charge is 0.234 e. The fourth-order valence-corrected chi connectivity index (χ4v) is 5.92. The Morgan fingerprint density at radius 3 is 2.23 bits per heavy atom. The van der Waals surface area contributed by atoms with Crippen molar-refractivity contribution < 1.29 is 14.4 Å². The molecule has 2 fully saturated rings. The van der Waals surface area contributed by atoms with Crippen molar-refractivity contribution in [2.45, 2.75) is 45.6 Å². The lowest BCUT2D eigenvalue weighted by molar-refractivity contribution is -0.145. The maximum absolute atomic E-state index is 13.4. The molecule has 2 aliphatic carbocycles. The minimum atomic E-state index is -0.559. The average molecular weight is 473 g/mol. The third-order valence-electron chi connectivity index (χ3n) is 6.76. The highest BCUT2D eigenvalue weighted by molar-refractivity contribution is 9.10. The predicted molar refractivity (Wildman–Crippen MR) is 118 cm³/mol. The Kier molecular flexibility index (Phi) is 6.14. The molecule has 1 aromatic carbocycles. The van der Waals surface area contributed by atoms with E-state index in [4.69, 9.17) is 0 Å². The molecule has 0 aromatic heterocycles. The SMILES string of the molecule is CCCN(CCC)C(=O)CC(c1cccc(Br)c1)N1C(=O)C2C3C=CC(C3)C2C1=O. The van der Waals surface area contributed by atoms with Gasteiger partial charge in [-0.3, -0.25) is 19.3 Å². The topological polar surface area (TPSA) is 57.7 Å². The van der Waals surface area contributed by atoms with Gasteiger partial charge < -0.3 is 4.90 Å². The van der Waals surface area contributed by atoms with Crippen molar-refractivity contribution in [3.05, 3.63) is 46.5 Å². The van der Waals surface area contributed by atoms with Gasteiger partial charge in [-0.05, 0) is 48.8 Å². The number of carbonyl (C=O) groups is 3. The molecule has 5 nitrogen and oxygen atoms in total. The van der Waals surface area contributed by atoms with Gasteiger partial charge in [0, 0.05) is 17.6 Å². The van der Waals surface area contributed by atoms with E-state index in [9.17, 15) is 14.4 Å². The maximum Gasteiger partial charge on any atom is 0.234 e. The maximum atomic E-state index is 13.4. The molecule has 3 amide bonds. The Balaban J connectivity index is 1.65. The Labute approximate surface area is 186 Å². The van der Waals surface area contributed by atoms with E-state index in [1.165, 1.54) is 4.90 Å². The lowest BCUT2D eigenvalue weighted by Gasteiger charge is -2.30. The molecule has 0 spiro atoms. The number of amides is 3. The van der Waals surface area contributed by atoms with E-state index >= 15 is 0 Å². The largest absolute Gasteiger partial charge is 0.343 e. The number of fused-ring (bicyclic) bond motifs is 5. The van der Waals surface area contributed by atoms with Crippen LogP contribution in [0.5, 0.6) is 0 Å².